The Kier molecular flexibility index (Phi) is 6.87. The molecule has 0 atom stereocenters. The first-order valence-corrected chi connectivity index (χ1v) is 12.1. The first-order valence-electron chi connectivity index (χ1n) is 9.64. The lowest BCUT2D eigenvalue weighted by Gasteiger charge is -2.04. The number of amides is 1. The Balaban J connectivity index is 2.03. The van der Waals surface area contributed by atoms with Gasteiger partial charge in [0.15, 0.2) is 14.6 Å². The molecule has 0 aliphatic carbocycles. The standard InChI is InChI=1S/C22H22N2O5S2/c1-4-13-24-18-12-9-16(21(26)29-5-2)14-19(18)30-22(24)23-20(25)15-7-10-17(11-8-15)31(27,28)6-3/h4,7-12,14H,1,5-6,13H2,2-3H3. The minimum absolute atomic E-state index is 0.0121. The van der Waals surface area contributed by atoms with Crippen molar-refractivity contribution >= 4 is 43.3 Å². The first kappa shape index (κ1) is 22.6. The molecule has 3 rings (SSSR count). The molecule has 1 heterocycles. The van der Waals surface area contributed by atoms with E-state index in [1.807, 2.05) is 4.57 Å². The summed E-state index contributed by atoms with van der Waals surface area (Å²) in [5.74, 6) is -0.915. The van der Waals surface area contributed by atoms with Crippen LogP contribution in [0.4, 0.5) is 0 Å². The quantitative estimate of drug-likeness (QED) is 0.398. The first-order chi connectivity index (χ1) is 14.8. The molecule has 0 unspecified atom stereocenters. The Hall–Kier alpha value is -3.04. The van der Waals surface area contributed by atoms with Crippen LogP contribution in [-0.4, -0.2) is 37.2 Å². The second kappa shape index (κ2) is 9.40. The van der Waals surface area contributed by atoms with Gasteiger partial charge in [-0.2, -0.15) is 4.99 Å². The Bertz CT molecular complexity index is 1320. The predicted octanol–water partition coefficient (Wildman–Crippen LogP) is 3.60. The van der Waals surface area contributed by atoms with Gasteiger partial charge in [0.1, 0.15) is 0 Å². The molecule has 3 aromatic rings. The molecule has 7 nitrogen and oxygen atoms in total. The van der Waals surface area contributed by atoms with Crippen LogP contribution in [0.2, 0.25) is 0 Å². The van der Waals surface area contributed by atoms with Crippen LogP contribution in [-0.2, 0) is 21.1 Å². The number of thiazole rings is 1. The molecule has 0 bridgehead atoms. The fourth-order valence-corrected chi connectivity index (χ4v) is 4.89. The second-order valence-corrected chi connectivity index (χ2v) is 9.82. The molecular weight excluding hydrogens is 436 g/mol. The molecule has 0 saturated heterocycles. The molecule has 0 radical (unpaired) electrons. The molecule has 0 fully saturated rings. The number of hydrogen-bond donors (Lipinski definition) is 0. The van der Waals surface area contributed by atoms with Crippen LogP contribution in [0, 0.1) is 0 Å². The Morgan fingerprint density at radius 3 is 2.42 bits per heavy atom. The molecule has 0 aliphatic rings. The van der Waals surface area contributed by atoms with E-state index < -0.39 is 21.7 Å². The van der Waals surface area contributed by atoms with Crippen molar-refractivity contribution in [2.24, 2.45) is 4.99 Å². The molecular formula is C22H22N2O5S2. The smallest absolute Gasteiger partial charge is 0.338 e. The number of fused-ring (bicyclic) bond motifs is 1. The number of carbonyl (C=O) groups excluding carboxylic acids is 2. The molecule has 0 aliphatic heterocycles. The summed E-state index contributed by atoms with van der Waals surface area (Å²) in [6.07, 6.45) is 1.69. The minimum atomic E-state index is -3.34. The third kappa shape index (κ3) is 4.83. The monoisotopic (exact) mass is 458 g/mol. The number of aromatic nitrogens is 1. The highest BCUT2D eigenvalue weighted by Crippen LogP contribution is 2.20. The maximum absolute atomic E-state index is 12.7. The highest BCUT2D eigenvalue weighted by Gasteiger charge is 2.14. The minimum Gasteiger partial charge on any atom is -0.462 e. The van der Waals surface area contributed by atoms with E-state index in [4.69, 9.17) is 4.74 Å². The number of rotatable bonds is 7. The Morgan fingerprint density at radius 2 is 1.81 bits per heavy atom. The van der Waals surface area contributed by atoms with Gasteiger partial charge in [0.25, 0.3) is 5.91 Å². The van der Waals surface area contributed by atoms with Gasteiger partial charge < -0.3 is 9.30 Å². The van der Waals surface area contributed by atoms with Gasteiger partial charge in [0, 0.05) is 12.1 Å². The zero-order valence-corrected chi connectivity index (χ0v) is 18.8. The Morgan fingerprint density at radius 1 is 1.13 bits per heavy atom. The molecule has 0 N–H and O–H groups in total. The predicted molar refractivity (Wildman–Crippen MR) is 120 cm³/mol. The highest BCUT2D eigenvalue weighted by molar-refractivity contribution is 7.91. The number of benzene rings is 2. The molecule has 0 saturated carbocycles. The summed E-state index contributed by atoms with van der Waals surface area (Å²) in [6.45, 7) is 7.78. The average Bonchev–Trinajstić information content (AvgIpc) is 3.10. The van der Waals surface area contributed by atoms with E-state index in [0.29, 0.717) is 16.9 Å². The average molecular weight is 459 g/mol. The number of esters is 1. The van der Waals surface area contributed by atoms with E-state index >= 15 is 0 Å². The van der Waals surface area contributed by atoms with E-state index in [-0.39, 0.29) is 22.8 Å². The van der Waals surface area contributed by atoms with Crippen molar-refractivity contribution in [1.82, 2.24) is 4.57 Å². The fourth-order valence-electron chi connectivity index (χ4n) is 2.93. The number of allylic oxidation sites excluding steroid dienone is 1. The van der Waals surface area contributed by atoms with Crippen molar-refractivity contribution in [1.29, 1.82) is 0 Å². The van der Waals surface area contributed by atoms with Crippen LogP contribution in [0.3, 0.4) is 0 Å². The number of nitrogens with zero attached hydrogens (tertiary/aromatic N) is 2. The highest BCUT2D eigenvalue weighted by atomic mass is 32.2. The van der Waals surface area contributed by atoms with E-state index in [9.17, 15) is 18.0 Å². The third-order valence-electron chi connectivity index (χ3n) is 4.54. The summed E-state index contributed by atoms with van der Waals surface area (Å²) in [7, 11) is -3.34. The van der Waals surface area contributed by atoms with Gasteiger partial charge in [-0.3, -0.25) is 4.79 Å². The molecule has 9 heteroatoms. The lowest BCUT2D eigenvalue weighted by atomic mass is 10.2. The molecule has 1 amide bonds. The molecule has 2 aromatic carbocycles. The summed E-state index contributed by atoms with van der Waals surface area (Å²) >= 11 is 1.27. The topological polar surface area (TPSA) is 94.8 Å². The molecule has 31 heavy (non-hydrogen) atoms. The third-order valence-corrected chi connectivity index (χ3v) is 7.33. The van der Waals surface area contributed by atoms with Crippen LogP contribution >= 0.6 is 11.3 Å². The number of sulfone groups is 1. The van der Waals surface area contributed by atoms with Crippen LogP contribution in [0.5, 0.6) is 0 Å². The van der Waals surface area contributed by atoms with Crippen molar-refractivity contribution in [3.05, 3.63) is 71.0 Å². The van der Waals surface area contributed by atoms with Crippen LogP contribution in [0.25, 0.3) is 10.2 Å². The van der Waals surface area contributed by atoms with Gasteiger partial charge in [0.05, 0.1) is 33.0 Å². The maximum atomic E-state index is 12.7. The molecule has 162 valence electrons. The summed E-state index contributed by atoms with van der Waals surface area (Å²) in [6, 6.07) is 10.9. The summed E-state index contributed by atoms with van der Waals surface area (Å²) < 4.78 is 31.6. The van der Waals surface area contributed by atoms with Crippen molar-refractivity contribution < 1.29 is 22.7 Å². The lowest BCUT2D eigenvalue weighted by Crippen LogP contribution is -2.16. The van der Waals surface area contributed by atoms with E-state index in [1.165, 1.54) is 35.6 Å². The zero-order chi connectivity index (χ0) is 22.6. The van der Waals surface area contributed by atoms with E-state index in [0.717, 1.165) is 10.2 Å². The Labute approximate surface area is 184 Å². The normalized spacial score (nSPS) is 12.1. The maximum Gasteiger partial charge on any atom is 0.338 e. The molecule has 0 spiro atoms. The number of ether oxygens (including phenoxy) is 1. The van der Waals surface area contributed by atoms with Gasteiger partial charge in [-0.1, -0.05) is 24.3 Å². The summed E-state index contributed by atoms with van der Waals surface area (Å²) in [5, 5.41) is 0. The zero-order valence-electron chi connectivity index (χ0n) is 17.2. The fraction of sp³-hybridized carbons (Fsp3) is 0.227. The van der Waals surface area contributed by atoms with Crippen molar-refractivity contribution in [2.45, 2.75) is 25.3 Å². The summed E-state index contributed by atoms with van der Waals surface area (Å²) in [5.41, 5.74) is 1.52. The van der Waals surface area contributed by atoms with Crippen molar-refractivity contribution in [3.8, 4) is 0 Å². The molecule has 1 aromatic heterocycles. The van der Waals surface area contributed by atoms with Crippen LogP contribution in [0.1, 0.15) is 34.6 Å². The lowest BCUT2D eigenvalue weighted by molar-refractivity contribution is 0.0526. The van der Waals surface area contributed by atoms with E-state index in [1.54, 1.807) is 38.1 Å². The van der Waals surface area contributed by atoms with Gasteiger partial charge in [0.2, 0.25) is 0 Å². The number of hydrogen-bond acceptors (Lipinski definition) is 6. The summed E-state index contributed by atoms with van der Waals surface area (Å²) in [4.78, 5) is 29.6. The van der Waals surface area contributed by atoms with Crippen LogP contribution in [0.15, 0.2) is 65.0 Å². The second-order valence-electron chi connectivity index (χ2n) is 6.53. The largest absolute Gasteiger partial charge is 0.462 e. The van der Waals surface area contributed by atoms with Gasteiger partial charge in [-0.15, -0.1) is 6.58 Å². The van der Waals surface area contributed by atoms with Gasteiger partial charge in [-0.05, 0) is 49.4 Å². The SMILES string of the molecule is C=CCn1c(=NC(=O)c2ccc(S(=O)(=O)CC)cc2)sc2cc(C(=O)OCC)ccc21. The number of carbonyl (C=O) groups is 2. The van der Waals surface area contributed by atoms with Gasteiger partial charge in [-0.25, -0.2) is 13.2 Å². The van der Waals surface area contributed by atoms with Crippen molar-refractivity contribution in [3.63, 3.8) is 0 Å². The van der Waals surface area contributed by atoms with E-state index in [2.05, 4.69) is 11.6 Å². The van der Waals surface area contributed by atoms with Crippen molar-refractivity contribution in [2.75, 3.05) is 12.4 Å². The van der Waals surface area contributed by atoms with Crippen LogP contribution < -0.4 is 4.80 Å². The van der Waals surface area contributed by atoms with Gasteiger partial charge >= 0.3 is 5.97 Å².